The predicted octanol–water partition coefficient (Wildman–Crippen LogP) is 4.71. The van der Waals surface area contributed by atoms with Crippen molar-refractivity contribution in [3.8, 4) is 22.9 Å². The second kappa shape index (κ2) is 9.71. The van der Waals surface area contributed by atoms with Crippen LogP contribution in [0.4, 0.5) is 0 Å². The van der Waals surface area contributed by atoms with Gasteiger partial charge >= 0.3 is 0 Å². The molecule has 0 radical (unpaired) electrons. The highest BCUT2D eigenvalue weighted by atomic mass is 32.1. The van der Waals surface area contributed by atoms with Gasteiger partial charge in [-0.25, -0.2) is 4.68 Å². The van der Waals surface area contributed by atoms with Gasteiger partial charge in [-0.2, -0.15) is 14.6 Å². The van der Waals surface area contributed by atoms with Gasteiger partial charge in [-0.15, -0.1) is 5.10 Å². The third kappa shape index (κ3) is 4.60. The summed E-state index contributed by atoms with van der Waals surface area (Å²) in [4.78, 5) is 18.2. The molecular weight excluding hydrogens is 486 g/mol. The average Bonchev–Trinajstić information content (AvgIpc) is 3.71. The molecule has 0 aliphatic rings. The number of para-hydroxylation sites is 1. The van der Waals surface area contributed by atoms with Crippen LogP contribution < -0.4 is 14.8 Å². The Morgan fingerprint density at radius 3 is 2.57 bits per heavy atom. The zero-order valence-corrected chi connectivity index (χ0v) is 20.6. The van der Waals surface area contributed by atoms with Crippen LogP contribution in [0.3, 0.4) is 0 Å². The van der Waals surface area contributed by atoms with Gasteiger partial charge in [-0.05, 0) is 61.0 Å². The molecule has 0 aliphatic carbocycles. The van der Waals surface area contributed by atoms with Crippen molar-refractivity contribution in [2.24, 2.45) is 0 Å². The van der Waals surface area contributed by atoms with E-state index in [1.54, 1.807) is 17.0 Å². The fraction of sp³-hybridized carbons (Fsp3) is 0.0714. The first-order valence-corrected chi connectivity index (χ1v) is 12.5. The largest absolute Gasteiger partial charge is 0.494 e. The molecule has 0 saturated heterocycles. The summed E-state index contributed by atoms with van der Waals surface area (Å²) in [6, 6.07) is 21.2. The highest BCUT2D eigenvalue weighted by Gasteiger charge is 2.15. The first-order valence-electron chi connectivity index (χ1n) is 11.7. The predicted molar refractivity (Wildman–Crippen MR) is 144 cm³/mol. The van der Waals surface area contributed by atoms with E-state index in [2.05, 4.69) is 10.1 Å². The molecule has 0 N–H and O–H groups in total. The van der Waals surface area contributed by atoms with E-state index in [1.807, 2.05) is 92.0 Å². The van der Waals surface area contributed by atoms with Crippen molar-refractivity contribution in [3.63, 3.8) is 0 Å². The summed E-state index contributed by atoms with van der Waals surface area (Å²) in [6.45, 7) is 2.58. The number of rotatable bonds is 7. The van der Waals surface area contributed by atoms with E-state index in [4.69, 9.17) is 14.3 Å². The molecule has 0 spiro atoms. The van der Waals surface area contributed by atoms with Gasteiger partial charge in [0.25, 0.3) is 5.56 Å². The molecule has 37 heavy (non-hydrogen) atoms. The minimum absolute atomic E-state index is 0.230. The summed E-state index contributed by atoms with van der Waals surface area (Å²) in [5.74, 6) is 1.91. The number of fused-ring (bicyclic) bond motifs is 1. The molecule has 2 aromatic carbocycles. The van der Waals surface area contributed by atoms with Crippen LogP contribution in [0, 0.1) is 0 Å². The van der Waals surface area contributed by atoms with Crippen molar-refractivity contribution in [3.05, 3.63) is 111 Å². The maximum Gasteiger partial charge on any atom is 0.291 e. The van der Waals surface area contributed by atoms with E-state index in [-0.39, 0.29) is 5.56 Å². The molecule has 0 atom stereocenters. The Balaban J connectivity index is 1.34. The van der Waals surface area contributed by atoms with Crippen molar-refractivity contribution in [1.82, 2.24) is 24.4 Å². The number of nitrogens with zero attached hydrogens (tertiary/aromatic N) is 5. The molecule has 0 amide bonds. The Hall–Kier alpha value is -4.76. The van der Waals surface area contributed by atoms with Crippen molar-refractivity contribution < 1.29 is 9.15 Å². The maximum absolute atomic E-state index is 13.1. The normalized spacial score (nSPS) is 12.2. The quantitative estimate of drug-likeness (QED) is 0.311. The van der Waals surface area contributed by atoms with Gasteiger partial charge in [0.05, 0.1) is 23.1 Å². The molecule has 4 heterocycles. The zero-order chi connectivity index (χ0) is 25.2. The minimum Gasteiger partial charge on any atom is -0.494 e. The summed E-state index contributed by atoms with van der Waals surface area (Å²) in [6.07, 6.45) is 8.99. The molecule has 6 rings (SSSR count). The monoisotopic (exact) mass is 507 g/mol. The van der Waals surface area contributed by atoms with Gasteiger partial charge in [0.2, 0.25) is 4.96 Å². The maximum atomic E-state index is 13.1. The van der Waals surface area contributed by atoms with Crippen molar-refractivity contribution in [2.75, 3.05) is 6.61 Å². The summed E-state index contributed by atoms with van der Waals surface area (Å²) >= 11 is 1.28. The van der Waals surface area contributed by atoms with Crippen molar-refractivity contribution in [2.45, 2.75) is 6.92 Å². The summed E-state index contributed by atoms with van der Waals surface area (Å²) < 4.78 is 14.7. The van der Waals surface area contributed by atoms with E-state index >= 15 is 0 Å². The molecule has 8 nitrogen and oxygen atoms in total. The number of furan rings is 1. The Morgan fingerprint density at radius 1 is 1.00 bits per heavy atom. The van der Waals surface area contributed by atoms with Gasteiger partial charge in [-0.1, -0.05) is 47.7 Å². The standard InChI is InChI=1S/C28H21N5O3S/c1-2-35-22-13-10-19(11-14-22)12-15-25-29-28-33(30-25)27(34)24(37-28)17-20-18-32(21-7-4-3-5-8-21)31-26(20)23-9-6-16-36-23/h3-18H,2H2,1H3/b15-12+,24-17-. The highest BCUT2D eigenvalue weighted by Crippen LogP contribution is 2.25. The summed E-state index contributed by atoms with van der Waals surface area (Å²) in [7, 11) is 0. The lowest BCUT2D eigenvalue weighted by Crippen LogP contribution is -2.23. The Bertz CT molecular complexity index is 1800. The van der Waals surface area contributed by atoms with Gasteiger partial charge in [0.1, 0.15) is 11.4 Å². The number of aromatic nitrogens is 5. The Kier molecular flexibility index (Phi) is 5.95. The fourth-order valence-corrected chi connectivity index (χ4v) is 4.79. The van der Waals surface area contributed by atoms with Crippen molar-refractivity contribution >= 4 is 34.5 Å². The molecular formula is C28H21N5O3S. The highest BCUT2D eigenvalue weighted by molar-refractivity contribution is 7.15. The van der Waals surface area contributed by atoms with Gasteiger partial charge in [0.15, 0.2) is 11.6 Å². The zero-order valence-electron chi connectivity index (χ0n) is 19.8. The lowest BCUT2D eigenvalue weighted by molar-refractivity contribution is 0.340. The van der Waals surface area contributed by atoms with Gasteiger partial charge in [0, 0.05) is 11.8 Å². The second-order valence-corrected chi connectivity index (χ2v) is 9.12. The molecule has 0 saturated carbocycles. The van der Waals surface area contributed by atoms with Gasteiger partial charge < -0.3 is 9.15 Å². The molecule has 0 fully saturated rings. The second-order valence-electron chi connectivity index (χ2n) is 8.11. The van der Waals surface area contributed by atoms with Crippen LogP contribution in [0.25, 0.3) is 40.3 Å². The number of hydrogen-bond donors (Lipinski definition) is 0. The molecule has 0 bridgehead atoms. The smallest absolute Gasteiger partial charge is 0.291 e. The van der Waals surface area contributed by atoms with E-state index in [1.165, 1.54) is 15.9 Å². The number of ether oxygens (including phenoxy) is 1. The van der Waals surface area contributed by atoms with Crippen LogP contribution in [-0.4, -0.2) is 31.0 Å². The third-order valence-corrected chi connectivity index (χ3v) is 6.58. The Morgan fingerprint density at radius 2 is 1.84 bits per heavy atom. The average molecular weight is 508 g/mol. The summed E-state index contributed by atoms with van der Waals surface area (Å²) in [5, 5.41) is 9.11. The topological polar surface area (TPSA) is 87.5 Å². The molecule has 4 aromatic heterocycles. The van der Waals surface area contributed by atoms with E-state index in [9.17, 15) is 4.79 Å². The molecule has 0 unspecified atom stereocenters. The van der Waals surface area contributed by atoms with Crippen LogP contribution in [-0.2, 0) is 0 Å². The van der Waals surface area contributed by atoms with Crippen LogP contribution >= 0.6 is 11.3 Å². The van der Waals surface area contributed by atoms with E-state index in [0.717, 1.165) is 22.6 Å². The Labute approximate surface area is 215 Å². The van der Waals surface area contributed by atoms with Crippen LogP contribution in [0.2, 0.25) is 0 Å². The summed E-state index contributed by atoms with van der Waals surface area (Å²) in [5.41, 5.74) is 3.07. The van der Waals surface area contributed by atoms with Crippen molar-refractivity contribution in [1.29, 1.82) is 0 Å². The first-order chi connectivity index (χ1) is 18.2. The lowest BCUT2D eigenvalue weighted by Gasteiger charge is -2.01. The van der Waals surface area contributed by atoms with Crippen LogP contribution in [0.15, 0.2) is 88.4 Å². The molecule has 0 aliphatic heterocycles. The molecule has 6 aromatic rings. The number of benzene rings is 2. The van der Waals surface area contributed by atoms with Gasteiger partial charge in [-0.3, -0.25) is 4.79 Å². The SMILES string of the molecule is CCOc1ccc(/C=C/c2nc3s/c(=C\c4cn(-c5ccccc5)nc4-c4ccco4)c(=O)n3n2)cc1. The lowest BCUT2D eigenvalue weighted by atomic mass is 10.2. The number of hydrogen-bond acceptors (Lipinski definition) is 7. The van der Waals surface area contributed by atoms with E-state index in [0.29, 0.717) is 33.4 Å². The number of thiazole rings is 1. The fourth-order valence-electron chi connectivity index (χ4n) is 3.88. The van der Waals surface area contributed by atoms with Crippen LogP contribution in [0.1, 0.15) is 23.9 Å². The third-order valence-electron chi connectivity index (χ3n) is 5.62. The first kappa shape index (κ1) is 22.7. The van der Waals surface area contributed by atoms with E-state index < -0.39 is 0 Å². The van der Waals surface area contributed by atoms with Crippen LogP contribution in [0.5, 0.6) is 5.75 Å². The minimum atomic E-state index is -0.230. The molecule has 182 valence electrons. The molecule has 9 heteroatoms.